The van der Waals surface area contributed by atoms with Crippen molar-refractivity contribution in [2.24, 2.45) is 5.92 Å². The first-order valence-corrected chi connectivity index (χ1v) is 7.81. The van der Waals surface area contributed by atoms with Crippen LogP contribution in [-0.4, -0.2) is 50.5 Å². The Balaban J connectivity index is 3.51. The van der Waals surface area contributed by atoms with E-state index < -0.39 is 6.10 Å². The molecule has 20 heavy (non-hydrogen) atoms. The Morgan fingerprint density at radius 2 is 2.05 bits per heavy atom. The van der Waals surface area contributed by atoms with Gasteiger partial charge in [-0.05, 0) is 12.3 Å². The fourth-order valence-electron chi connectivity index (χ4n) is 1.92. The van der Waals surface area contributed by atoms with E-state index in [4.69, 9.17) is 4.74 Å². The normalized spacial score (nSPS) is 14.0. The van der Waals surface area contributed by atoms with Gasteiger partial charge in [0.2, 0.25) is 5.91 Å². The van der Waals surface area contributed by atoms with Gasteiger partial charge in [0, 0.05) is 33.2 Å². The van der Waals surface area contributed by atoms with Crippen molar-refractivity contribution in [1.82, 2.24) is 10.6 Å². The molecule has 3 N–H and O–H groups in total. The maximum absolute atomic E-state index is 11.0. The first kappa shape index (κ1) is 19.4. The van der Waals surface area contributed by atoms with E-state index in [0.29, 0.717) is 32.0 Å². The molecule has 1 amide bonds. The number of hydrogen-bond acceptors (Lipinski definition) is 4. The molecule has 0 bridgehead atoms. The van der Waals surface area contributed by atoms with Gasteiger partial charge in [-0.25, -0.2) is 0 Å². The van der Waals surface area contributed by atoms with Crippen molar-refractivity contribution in [3.63, 3.8) is 0 Å². The van der Waals surface area contributed by atoms with Gasteiger partial charge in [0.05, 0.1) is 12.7 Å². The van der Waals surface area contributed by atoms with Gasteiger partial charge < -0.3 is 20.5 Å². The summed E-state index contributed by atoms with van der Waals surface area (Å²) in [5.74, 6) is 0.605. The van der Waals surface area contributed by atoms with Crippen LogP contribution in [0.25, 0.3) is 0 Å². The van der Waals surface area contributed by atoms with Crippen molar-refractivity contribution < 1.29 is 14.6 Å². The molecular weight excluding hydrogens is 256 g/mol. The molecule has 5 nitrogen and oxygen atoms in total. The van der Waals surface area contributed by atoms with Crippen LogP contribution in [0.5, 0.6) is 0 Å². The zero-order valence-corrected chi connectivity index (χ0v) is 13.3. The molecule has 0 aromatic rings. The van der Waals surface area contributed by atoms with Crippen LogP contribution in [-0.2, 0) is 9.53 Å². The van der Waals surface area contributed by atoms with Crippen molar-refractivity contribution in [3.8, 4) is 0 Å². The molecule has 0 aromatic carbocycles. The molecule has 5 heteroatoms. The molecule has 0 aliphatic carbocycles. The van der Waals surface area contributed by atoms with E-state index in [2.05, 4.69) is 24.5 Å². The number of carbonyl (C=O) groups is 1. The topological polar surface area (TPSA) is 70.6 Å². The SMILES string of the molecule is CCCCC(CC)COCC(O)CNCCC(=O)NC. The minimum atomic E-state index is -0.511. The molecule has 0 radical (unpaired) electrons. The van der Waals surface area contributed by atoms with Crippen molar-refractivity contribution >= 4 is 5.91 Å². The maximum Gasteiger partial charge on any atom is 0.221 e. The Bertz CT molecular complexity index is 237. The van der Waals surface area contributed by atoms with Crippen LogP contribution in [0.15, 0.2) is 0 Å². The Kier molecular flexibility index (Phi) is 12.9. The molecule has 2 atom stereocenters. The summed E-state index contributed by atoms with van der Waals surface area (Å²) >= 11 is 0. The second-order valence-corrected chi connectivity index (χ2v) is 5.24. The Morgan fingerprint density at radius 3 is 2.65 bits per heavy atom. The van der Waals surface area contributed by atoms with Gasteiger partial charge >= 0.3 is 0 Å². The van der Waals surface area contributed by atoms with Crippen molar-refractivity contribution in [1.29, 1.82) is 0 Å². The summed E-state index contributed by atoms with van der Waals surface area (Å²) in [4.78, 5) is 11.0. The van der Waals surface area contributed by atoms with Crippen molar-refractivity contribution in [2.75, 3.05) is 33.4 Å². The summed E-state index contributed by atoms with van der Waals surface area (Å²) in [5.41, 5.74) is 0. The van der Waals surface area contributed by atoms with Gasteiger partial charge in [-0.1, -0.05) is 33.1 Å². The number of amides is 1. The number of ether oxygens (including phenoxy) is 1. The molecule has 0 aliphatic rings. The lowest BCUT2D eigenvalue weighted by Gasteiger charge is -2.17. The molecule has 120 valence electrons. The van der Waals surface area contributed by atoms with Crippen LogP contribution < -0.4 is 10.6 Å². The van der Waals surface area contributed by atoms with E-state index in [0.717, 1.165) is 13.0 Å². The summed E-state index contributed by atoms with van der Waals surface area (Å²) < 4.78 is 5.58. The Morgan fingerprint density at radius 1 is 1.30 bits per heavy atom. The average molecular weight is 288 g/mol. The van der Waals surface area contributed by atoms with Crippen LogP contribution in [0.3, 0.4) is 0 Å². The summed E-state index contributed by atoms with van der Waals surface area (Å²) in [6.45, 7) is 6.50. The Labute approximate surface area is 123 Å². The largest absolute Gasteiger partial charge is 0.389 e. The number of rotatable bonds is 13. The fourth-order valence-corrected chi connectivity index (χ4v) is 1.92. The van der Waals surface area contributed by atoms with Crippen LogP contribution in [0, 0.1) is 5.92 Å². The maximum atomic E-state index is 11.0. The first-order valence-electron chi connectivity index (χ1n) is 7.81. The van der Waals surface area contributed by atoms with Gasteiger partial charge in [-0.15, -0.1) is 0 Å². The number of nitrogens with one attached hydrogen (secondary N) is 2. The highest BCUT2D eigenvalue weighted by molar-refractivity contribution is 5.75. The highest BCUT2D eigenvalue weighted by atomic mass is 16.5. The fraction of sp³-hybridized carbons (Fsp3) is 0.933. The molecule has 0 aliphatic heterocycles. The third-order valence-corrected chi connectivity index (χ3v) is 3.39. The van der Waals surface area contributed by atoms with Crippen molar-refractivity contribution in [3.05, 3.63) is 0 Å². The van der Waals surface area contributed by atoms with E-state index in [1.807, 2.05) is 0 Å². The van der Waals surface area contributed by atoms with Crippen molar-refractivity contribution in [2.45, 2.75) is 52.1 Å². The molecule has 0 rings (SSSR count). The summed E-state index contributed by atoms with van der Waals surface area (Å²) in [6, 6.07) is 0. The zero-order chi connectivity index (χ0) is 15.2. The lowest BCUT2D eigenvalue weighted by Crippen LogP contribution is -2.33. The van der Waals surface area contributed by atoms with Gasteiger partial charge in [0.25, 0.3) is 0 Å². The monoisotopic (exact) mass is 288 g/mol. The van der Waals surface area contributed by atoms with Gasteiger partial charge in [-0.3, -0.25) is 4.79 Å². The van der Waals surface area contributed by atoms with E-state index in [-0.39, 0.29) is 5.91 Å². The minimum Gasteiger partial charge on any atom is -0.389 e. The molecule has 2 unspecified atom stereocenters. The second-order valence-electron chi connectivity index (χ2n) is 5.24. The van der Waals surface area contributed by atoms with Gasteiger partial charge in [-0.2, -0.15) is 0 Å². The van der Waals surface area contributed by atoms with Gasteiger partial charge in [0.1, 0.15) is 0 Å². The summed E-state index contributed by atoms with van der Waals surface area (Å²) in [5, 5.41) is 15.3. The number of aliphatic hydroxyl groups is 1. The Hall–Kier alpha value is -0.650. The smallest absolute Gasteiger partial charge is 0.221 e. The standard InChI is InChI=1S/C15H32N2O3/c1-4-6-7-13(5-2)11-20-12-14(18)10-17-9-8-15(19)16-3/h13-14,17-18H,4-12H2,1-3H3,(H,16,19). The molecule has 0 fully saturated rings. The zero-order valence-electron chi connectivity index (χ0n) is 13.3. The molecule has 0 heterocycles. The lowest BCUT2D eigenvalue weighted by molar-refractivity contribution is -0.120. The third kappa shape index (κ3) is 11.2. The highest BCUT2D eigenvalue weighted by Gasteiger charge is 2.09. The van der Waals surface area contributed by atoms with Gasteiger partial charge in [0.15, 0.2) is 0 Å². The lowest BCUT2D eigenvalue weighted by atomic mass is 10.0. The third-order valence-electron chi connectivity index (χ3n) is 3.39. The summed E-state index contributed by atoms with van der Waals surface area (Å²) in [6.07, 6.45) is 4.70. The number of hydrogen-bond donors (Lipinski definition) is 3. The highest BCUT2D eigenvalue weighted by Crippen LogP contribution is 2.12. The minimum absolute atomic E-state index is 0.00458. The molecule has 0 saturated carbocycles. The predicted octanol–water partition coefficient (Wildman–Crippen LogP) is 1.31. The number of aliphatic hydroxyl groups excluding tert-OH is 1. The first-order chi connectivity index (χ1) is 9.63. The van der Waals surface area contributed by atoms with E-state index in [9.17, 15) is 9.90 Å². The molecule has 0 saturated heterocycles. The average Bonchev–Trinajstić information content (AvgIpc) is 2.46. The van der Waals surface area contributed by atoms with E-state index >= 15 is 0 Å². The second kappa shape index (κ2) is 13.3. The van der Waals surface area contributed by atoms with Crippen LogP contribution in [0.4, 0.5) is 0 Å². The molecule has 0 spiro atoms. The summed E-state index contributed by atoms with van der Waals surface area (Å²) in [7, 11) is 1.62. The van der Waals surface area contributed by atoms with Crippen LogP contribution in [0.1, 0.15) is 46.0 Å². The number of carbonyl (C=O) groups excluding carboxylic acids is 1. The quantitative estimate of drug-likeness (QED) is 0.447. The molecular formula is C15H32N2O3. The van der Waals surface area contributed by atoms with E-state index in [1.165, 1.54) is 19.3 Å². The van der Waals surface area contributed by atoms with E-state index in [1.54, 1.807) is 7.05 Å². The number of unbranched alkanes of at least 4 members (excludes halogenated alkanes) is 1. The predicted molar refractivity (Wildman–Crippen MR) is 81.7 cm³/mol. The van der Waals surface area contributed by atoms with Crippen LogP contribution in [0.2, 0.25) is 0 Å². The molecule has 0 aromatic heterocycles. The van der Waals surface area contributed by atoms with Crippen LogP contribution >= 0.6 is 0 Å².